The van der Waals surface area contributed by atoms with Gasteiger partial charge in [-0.25, -0.2) is 8.42 Å². The Kier molecular flexibility index (Phi) is 6.97. The number of aliphatic carboxylic acids is 1. The van der Waals surface area contributed by atoms with Crippen LogP contribution >= 0.6 is 0 Å². The normalized spacial score (nSPS) is 12.9. The molecule has 3 aromatic rings. The molecule has 0 saturated carbocycles. The summed E-state index contributed by atoms with van der Waals surface area (Å²) in [6.07, 6.45) is 0. The predicted octanol–water partition coefficient (Wildman–Crippen LogP) is 4.54. The number of ether oxygens (including phenoxy) is 1. The Balaban J connectivity index is 2.11. The van der Waals surface area contributed by atoms with Crippen molar-refractivity contribution in [2.24, 2.45) is 5.92 Å². The Labute approximate surface area is 183 Å². The quantitative estimate of drug-likeness (QED) is 0.527. The number of rotatable bonds is 9. The molecule has 7 heteroatoms. The summed E-state index contributed by atoms with van der Waals surface area (Å²) in [4.78, 5) is 12.1. The molecular formula is C24H27NO5S. The van der Waals surface area contributed by atoms with E-state index in [4.69, 9.17) is 4.74 Å². The van der Waals surface area contributed by atoms with E-state index in [-0.39, 0.29) is 11.4 Å². The topological polar surface area (TPSA) is 83.9 Å². The van der Waals surface area contributed by atoms with Gasteiger partial charge in [0, 0.05) is 6.54 Å². The average molecular weight is 442 g/mol. The summed E-state index contributed by atoms with van der Waals surface area (Å²) in [6.45, 7) is 5.77. The van der Waals surface area contributed by atoms with E-state index in [1.165, 1.54) is 6.07 Å². The van der Waals surface area contributed by atoms with E-state index in [2.05, 4.69) is 0 Å². The molecular weight excluding hydrogens is 414 g/mol. The van der Waals surface area contributed by atoms with Gasteiger partial charge in [0.05, 0.1) is 11.5 Å². The molecule has 0 fully saturated rings. The van der Waals surface area contributed by atoms with Crippen LogP contribution in [-0.2, 0) is 21.4 Å². The lowest BCUT2D eigenvalue weighted by atomic mass is 10.0. The number of carbonyl (C=O) groups is 1. The number of carboxylic acids is 1. The van der Waals surface area contributed by atoms with E-state index in [1.807, 2.05) is 25.1 Å². The molecule has 0 amide bonds. The van der Waals surface area contributed by atoms with Crippen LogP contribution in [0.2, 0.25) is 0 Å². The third-order valence-corrected chi connectivity index (χ3v) is 6.90. The fraction of sp³-hybridized carbons (Fsp3) is 0.292. The number of hydrogen-bond donors (Lipinski definition) is 1. The van der Waals surface area contributed by atoms with Crippen LogP contribution in [0, 0.1) is 5.92 Å². The van der Waals surface area contributed by atoms with Gasteiger partial charge in [-0.3, -0.25) is 4.79 Å². The molecule has 0 aliphatic rings. The number of sulfonamides is 1. The lowest BCUT2D eigenvalue weighted by Crippen LogP contribution is -2.47. The largest absolute Gasteiger partial charge is 0.494 e. The van der Waals surface area contributed by atoms with Gasteiger partial charge in [0.15, 0.2) is 0 Å². The first kappa shape index (κ1) is 22.8. The Morgan fingerprint density at radius 1 is 1.00 bits per heavy atom. The maximum absolute atomic E-state index is 13.7. The summed E-state index contributed by atoms with van der Waals surface area (Å²) in [5.41, 5.74) is 0.720. The molecule has 31 heavy (non-hydrogen) atoms. The Morgan fingerprint density at radius 3 is 2.29 bits per heavy atom. The fourth-order valence-corrected chi connectivity index (χ4v) is 5.33. The van der Waals surface area contributed by atoms with Crippen molar-refractivity contribution in [1.82, 2.24) is 4.31 Å². The van der Waals surface area contributed by atoms with Crippen molar-refractivity contribution in [2.45, 2.75) is 38.3 Å². The Bertz CT molecular complexity index is 1160. The van der Waals surface area contributed by atoms with E-state index < -0.39 is 28.0 Å². The van der Waals surface area contributed by atoms with Crippen LogP contribution in [0.25, 0.3) is 10.8 Å². The van der Waals surface area contributed by atoms with Crippen LogP contribution < -0.4 is 4.74 Å². The van der Waals surface area contributed by atoms with Crippen LogP contribution in [-0.4, -0.2) is 36.4 Å². The summed E-state index contributed by atoms with van der Waals surface area (Å²) in [7, 11) is -4.09. The van der Waals surface area contributed by atoms with Crippen molar-refractivity contribution >= 4 is 26.8 Å². The third-order valence-electron chi connectivity index (χ3n) is 5.08. The van der Waals surface area contributed by atoms with E-state index in [1.54, 1.807) is 56.3 Å². The maximum atomic E-state index is 13.7. The SMILES string of the molecule is CCOc1ccc2ccc(S(=O)(=O)N(Cc3ccccc3)[C@@H](C(=O)O)C(C)C)cc2c1. The molecule has 0 aliphatic heterocycles. The predicted molar refractivity (Wildman–Crippen MR) is 121 cm³/mol. The smallest absolute Gasteiger partial charge is 0.322 e. The molecule has 0 aromatic heterocycles. The number of hydrogen-bond acceptors (Lipinski definition) is 4. The lowest BCUT2D eigenvalue weighted by molar-refractivity contribution is -0.143. The molecule has 6 nitrogen and oxygen atoms in total. The van der Waals surface area contributed by atoms with Gasteiger partial charge in [0.25, 0.3) is 0 Å². The van der Waals surface area contributed by atoms with E-state index in [9.17, 15) is 18.3 Å². The molecule has 0 unspecified atom stereocenters. The van der Waals surface area contributed by atoms with Crippen molar-refractivity contribution in [3.63, 3.8) is 0 Å². The molecule has 0 spiro atoms. The highest BCUT2D eigenvalue weighted by atomic mass is 32.2. The summed E-state index contributed by atoms with van der Waals surface area (Å²) in [5, 5.41) is 11.4. The van der Waals surface area contributed by atoms with Gasteiger partial charge >= 0.3 is 5.97 Å². The van der Waals surface area contributed by atoms with E-state index >= 15 is 0 Å². The van der Waals surface area contributed by atoms with Crippen molar-refractivity contribution < 1.29 is 23.1 Å². The van der Waals surface area contributed by atoms with Gasteiger partial charge in [0.1, 0.15) is 11.8 Å². The lowest BCUT2D eigenvalue weighted by Gasteiger charge is -2.30. The molecule has 1 N–H and O–H groups in total. The van der Waals surface area contributed by atoms with Crippen molar-refractivity contribution in [1.29, 1.82) is 0 Å². The van der Waals surface area contributed by atoms with Crippen molar-refractivity contribution in [3.8, 4) is 5.75 Å². The minimum atomic E-state index is -4.09. The van der Waals surface area contributed by atoms with Crippen molar-refractivity contribution in [2.75, 3.05) is 6.61 Å². The second kappa shape index (κ2) is 9.49. The summed E-state index contributed by atoms with van der Waals surface area (Å²) in [6, 6.07) is 18.1. The molecule has 0 radical (unpaired) electrons. The monoisotopic (exact) mass is 441 g/mol. The average Bonchev–Trinajstić information content (AvgIpc) is 2.73. The minimum absolute atomic E-state index is 0.0324. The van der Waals surface area contributed by atoms with Gasteiger partial charge in [-0.15, -0.1) is 0 Å². The fourth-order valence-electron chi connectivity index (χ4n) is 3.59. The number of nitrogens with zero attached hydrogens (tertiary/aromatic N) is 1. The zero-order valence-electron chi connectivity index (χ0n) is 17.9. The van der Waals surface area contributed by atoms with E-state index in [0.717, 1.165) is 15.3 Å². The molecule has 0 heterocycles. The van der Waals surface area contributed by atoms with Crippen LogP contribution in [0.4, 0.5) is 0 Å². The van der Waals surface area contributed by atoms with E-state index in [0.29, 0.717) is 17.7 Å². The van der Waals surface area contributed by atoms with Gasteiger partial charge in [0.2, 0.25) is 10.0 Å². The molecule has 3 aromatic carbocycles. The number of benzene rings is 3. The van der Waals surface area contributed by atoms with Gasteiger partial charge in [-0.2, -0.15) is 4.31 Å². The Hall–Kier alpha value is -2.90. The molecule has 3 rings (SSSR count). The first-order valence-corrected chi connectivity index (χ1v) is 11.6. The highest BCUT2D eigenvalue weighted by Crippen LogP contribution is 2.29. The number of fused-ring (bicyclic) bond motifs is 1. The highest BCUT2D eigenvalue weighted by molar-refractivity contribution is 7.89. The summed E-state index contributed by atoms with van der Waals surface area (Å²) < 4.78 is 34.0. The maximum Gasteiger partial charge on any atom is 0.322 e. The van der Waals surface area contributed by atoms with Gasteiger partial charge in [-0.05, 0) is 53.4 Å². The molecule has 0 saturated heterocycles. The third kappa shape index (κ3) is 5.06. The van der Waals surface area contributed by atoms with Gasteiger partial charge in [-0.1, -0.05) is 56.3 Å². The number of carboxylic acid groups (broad SMARTS) is 1. The summed E-state index contributed by atoms with van der Waals surface area (Å²) >= 11 is 0. The highest BCUT2D eigenvalue weighted by Gasteiger charge is 2.38. The van der Waals surface area contributed by atoms with Crippen LogP contribution in [0.5, 0.6) is 5.75 Å². The van der Waals surface area contributed by atoms with Gasteiger partial charge < -0.3 is 9.84 Å². The molecule has 1 atom stereocenters. The molecule has 164 valence electrons. The zero-order valence-corrected chi connectivity index (χ0v) is 18.7. The molecule has 0 aliphatic carbocycles. The zero-order chi connectivity index (χ0) is 22.6. The van der Waals surface area contributed by atoms with Crippen LogP contribution in [0.15, 0.2) is 71.6 Å². The standard InChI is InChI=1S/C24H27NO5S/c1-4-30-21-12-10-19-11-13-22(15-20(19)14-21)31(28,29)25(23(17(2)3)24(26)27)16-18-8-6-5-7-9-18/h5-15,17,23H,4,16H2,1-3H3,(H,26,27)/t23-/m1/s1. The van der Waals surface area contributed by atoms with Crippen LogP contribution in [0.1, 0.15) is 26.3 Å². The minimum Gasteiger partial charge on any atom is -0.494 e. The van der Waals surface area contributed by atoms with Crippen LogP contribution in [0.3, 0.4) is 0 Å². The first-order chi connectivity index (χ1) is 14.7. The molecule has 0 bridgehead atoms. The second-order valence-corrected chi connectivity index (χ2v) is 9.56. The Morgan fingerprint density at radius 2 is 1.68 bits per heavy atom. The first-order valence-electron chi connectivity index (χ1n) is 10.2. The second-order valence-electron chi connectivity index (χ2n) is 7.67. The van der Waals surface area contributed by atoms with Crippen molar-refractivity contribution in [3.05, 3.63) is 72.3 Å². The summed E-state index contributed by atoms with van der Waals surface area (Å²) in [5.74, 6) is -0.939.